The lowest BCUT2D eigenvalue weighted by Crippen LogP contribution is -2.48. The van der Waals surface area contributed by atoms with E-state index in [1.807, 2.05) is 4.90 Å². The number of carbonyl (C=O) groups excluding carboxylic acids is 2. The van der Waals surface area contributed by atoms with Crippen LogP contribution in [0.25, 0.3) is 0 Å². The summed E-state index contributed by atoms with van der Waals surface area (Å²) in [4.78, 5) is 28.0. The van der Waals surface area contributed by atoms with Gasteiger partial charge in [-0.25, -0.2) is 0 Å². The largest absolute Gasteiger partial charge is 0.493 e. The monoisotopic (exact) mass is 397 g/mol. The first kappa shape index (κ1) is 20.7. The molecule has 0 unspecified atom stereocenters. The highest BCUT2D eigenvalue weighted by atomic mass is 16.5. The number of primary amides is 1. The first-order valence-electron chi connectivity index (χ1n) is 9.62. The number of aryl methyl sites for hydroxylation is 1. The average Bonchev–Trinajstić information content (AvgIpc) is 2.72. The molecule has 1 aliphatic rings. The van der Waals surface area contributed by atoms with Crippen molar-refractivity contribution in [3.05, 3.63) is 59.2 Å². The van der Waals surface area contributed by atoms with Gasteiger partial charge < -0.3 is 20.1 Å². The number of nitrogens with zero attached hydrogens (tertiary/aromatic N) is 2. The molecule has 29 heavy (non-hydrogen) atoms. The van der Waals surface area contributed by atoms with E-state index in [2.05, 4.69) is 36.1 Å². The van der Waals surface area contributed by atoms with Gasteiger partial charge in [0.15, 0.2) is 18.1 Å². The summed E-state index contributed by atoms with van der Waals surface area (Å²) in [6.07, 6.45) is 0. The van der Waals surface area contributed by atoms with Gasteiger partial charge >= 0.3 is 0 Å². The molecule has 3 rings (SSSR count). The molecule has 2 aromatic carbocycles. The summed E-state index contributed by atoms with van der Waals surface area (Å²) < 4.78 is 10.6. The lowest BCUT2D eigenvalue weighted by Gasteiger charge is -2.35. The van der Waals surface area contributed by atoms with Gasteiger partial charge in [0.1, 0.15) is 0 Å². The molecule has 7 heteroatoms. The van der Waals surface area contributed by atoms with E-state index >= 15 is 0 Å². The fourth-order valence-electron chi connectivity index (χ4n) is 3.43. The number of piperazine rings is 1. The zero-order chi connectivity index (χ0) is 20.8. The lowest BCUT2D eigenvalue weighted by molar-refractivity contribution is -0.119. The van der Waals surface area contributed by atoms with Crippen LogP contribution in [-0.4, -0.2) is 61.5 Å². The van der Waals surface area contributed by atoms with E-state index in [-0.39, 0.29) is 12.5 Å². The number of ether oxygens (including phenoxy) is 2. The topological polar surface area (TPSA) is 85.1 Å². The van der Waals surface area contributed by atoms with Gasteiger partial charge in [0, 0.05) is 38.3 Å². The van der Waals surface area contributed by atoms with Crippen LogP contribution in [0.2, 0.25) is 0 Å². The molecule has 0 aromatic heterocycles. The third kappa shape index (κ3) is 5.48. The molecule has 154 valence electrons. The summed E-state index contributed by atoms with van der Waals surface area (Å²) in [6, 6.07) is 13.5. The third-order valence-corrected chi connectivity index (χ3v) is 4.93. The number of methoxy groups -OCH3 is 1. The fraction of sp³-hybridized carbons (Fsp3) is 0.364. The zero-order valence-corrected chi connectivity index (χ0v) is 16.9. The lowest BCUT2D eigenvalue weighted by atomic mass is 10.1. The number of hydrogen-bond acceptors (Lipinski definition) is 5. The molecular weight excluding hydrogens is 370 g/mol. The Balaban J connectivity index is 1.59. The van der Waals surface area contributed by atoms with Crippen LogP contribution in [0.15, 0.2) is 42.5 Å². The molecule has 1 fully saturated rings. The van der Waals surface area contributed by atoms with Crippen molar-refractivity contribution in [1.29, 1.82) is 0 Å². The SMILES string of the molecule is COc1cc(C(=O)N2CCN(Cc3cccc(C)c3)CC2)ccc1OCC(N)=O. The minimum atomic E-state index is -0.573. The highest BCUT2D eigenvalue weighted by molar-refractivity contribution is 5.95. The van der Waals surface area contributed by atoms with Gasteiger partial charge in [0.05, 0.1) is 7.11 Å². The number of amides is 2. The summed E-state index contributed by atoms with van der Waals surface area (Å²) >= 11 is 0. The van der Waals surface area contributed by atoms with E-state index in [0.717, 1.165) is 19.6 Å². The summed E-state index contributed by atoms with van der Waals surface area (Å²) in [5.41, 5.74) is 8.18. The Morgan fingerprint density at radius 2 is 1.79 bits per heavy atom. The van der Waals surface area contributed by atoms with Crippen LogP contribution >= 0.6 is 0 Å². The van der Waals surface area contributed by atoms with E-state index in [0.29, 0.717) is 30.2 Å². The normalized spacial score (nSPS) is 14.5. The van der Waals surface area contributed by atoms with Crippen LogP contribution in [0.4, 0.5) is 0 Å². The van der Waals surface area contributed by atoms with E-state index < -0.39 is 5.91 Å². The van der Waals surface area contributed by atoms with Gasteiger partial charge in [0.2, 0.25) is 0 Å². The fourth-order valence-corrected chi connectivity index (χ4v) is 3.43. The first-order valence-corrected chi connectivity index (χ1v) is 9.62. The summed E-state index contributed by atoms with van der Waals surface area (Å²) in [7, 11) is 1.49. The Morgan fingerprint density at radius 1 is 1.03 bits per heavy atom. The molecule has 1 heterocycles. The molecule has 0 radical (unpaired) electrons. The van der Waals surface area contributed by atoms with Gasteiger partial charge in [-0.1, -0.05) is 29.8 Å². The second kappa shape index (κ2) is 9.43. The van der Waals surface area contributed by atoms with Crippen molar-refractivity contribution in [2.24, 2.45) is 5.73 Å². The van der Waals surface area contributed by atoms with Crippen molar-refractivity contribution in [2.45, 2.75) is 13.5 Å². The summed E-state index contributed by atoms with van der Waals surface area (Å²) in [5.74, 6) is 0.164. The van der Waals surface area contributed by atoms with Crippen LogP contribution in [0.1, 0.15) is 21.5 Å². The van der Waals surface area contributed by atoms with Crippen molar-refractivity contribution in [3.8, 4) is 11.5 Å². The molecule has 1 saturated heterocycles. The highest BCUT2D eigenvalue weighted by Crippen LogP contribution is 2.28. The number of nitrogens with two attached hydrogens (primary N) is 1. The van der Waals surface area contributed by atoms with E-state index in [1.165, 1.54) is 18.2 Å². The Kier molecular flexibility index (Phi) is 6.72. The maximum Gasteiger partial charge on any atom is 0.255 e. The Morgan fingerprint density at radius 3 is 2.45 bits per heavy atom. The van der Waals surface area contributed by atoms with Crippen LogP contribution < -0.4 is 15.2 Å². The number of hydrogen-bond donors (Lipinski definition) is 1. The minimum Gasteiger partial charge on any atom is -0.493 e. The Labute approximate surface area is 171 Å². The molecule has 2 aromatic rings. The van der Waals surface area contributed by atoms with Gasteiger partial charge in [-0.2, -0.15) is 0 Å². The quantitative estimate of drug-likeness (QED) is 0.770. The molecule has 0 spiro atoms. The highest BCUT2D eigenvalue weighted by Gasteiger charge is 2.23. The van der Waals surface area contributed by atoms with Crippen molar-refractivity contribution in [3.63, 3.8) is 0 Å². The standard InChI is InChI=1S/C22H27N3O4/c1-16-4-3-5-17(12-16)14-24-8-10-25(11-9-24)22(27)18-6-7-19(20(13-18)28-2)29-15-21(23)26/h3-7,12-13H,8-11,14-15H2,1-2H3,(H2,23,26). The van der Waals surface area contributed by atoms with Crippen molar-refractivity contribution in [1.82, 2.24) is 9.80 Å². The van der Waals surface area contributed by atoms with Gasteiger partial charge in [-0.15, -0.1) is 0 Å². The predicted molar refractivity (Wildman–Crippen MR) is 110 cm³/mol. The molecule has 0 atom stereocenters. The second-order valence-corrected chi connectivity index (χ2v) is 7.18. The summed E-state index contributed by atoms with van der Waals surface area (Å²) in [5, 5.41) is 0. The van der Waals surface area contributed by atoms with Gasteiger partial charge in [-0.3, -0.25) is 14.5 Å². The van der Waals surface area contributed by atoms with Crippen LogP contribution in [0.3, 0.4) is 0 Å². The van der Waals surface area contributed by atoms with E-state index in [1.54, 1.807) is 18.2 Å². The smallest absolute Gasteiger partial charge is 0.255 e. The predicted octanol–water partition coefficient (Wildman–Crippen LogP) is 1.83. The molecule has 0 aliphatic carbocycles. The molecule has 2 amide bonds. The average molecular weight is 397 g/mol. The molecule has 1 aliphatic heterocycles. The van der Waals surface area contributed by atoms with Gasteiger partial charge in [-0.05, 0) is 30.7 Å². The maximum absolute atomic E-state index is 12.9. The van der Waals surface area contributed by atoms with Gasteiger partial charge in [0.25, 0.3) is 11.8 Å². The third-order valence-electron chi connectivity index (χ3n) is 4.93. The maximum atomic E-state index is 12.9. The van der Waals surface area contributed by atoms with Crippen LogP contribution in [0, 0.1) is 6.92 Å². The van der Waals surface area contributed by atoms with Crippen LogP contribution in [0.5, 0.6) is 11.5 Å². The Hall–Kier alpha value is -3.06. The zero-order valence-electron chi connectivity index (χ0n) is 16.9. The Bertz CT molecular complexity index is 876. The van der Waals surface area contributed by atoms with E-state index in [4.69, 9.17) is 15.2 Å². The van der Waals surface area contributed by atoms with Crippen molar-refractivity contribution < 1.29 is 19.1 Å². The van der Waals surface area contributed by atoms with E-state index in [9.17, 15) is 9.59 Å². The number of carbonyl (C=O) groups is 2. The summed E-state index contributed by atoms with van der Waals surface area (Å²) in [6.45, 7) is 5.75. The van der Waals surface area contributed by atoms with Crippen LogP contribution in [-0.2, 0) is 11.3 Å². The molecule has 2 N–H and O–H groups in total. The minimum absolute atomic E-state index is 0.0417. The number of benzene rings is 2. The van der Waals surface area contributed by atoms with Crippen molar-refractivity contribution >= 4 is 11.8 Å². The molecule has 0 saturated carbocycles. The van der Waals surface area contributed by atoms with Crippen molar-refractivity contribution in [2.75, 3.05) is 39.9 Å². The molecule has 7 nitrogen and oxygen atoms in total. The molecular formula is C22H27N3O4. The molecule has 0 bridgehead atoms. The second-order valence-electron chi connectivity index (χ2n) is 7.18. The first-order chi connectivity index (χ1) is 14.0. The number of rotatable bonds is 7.